The van der Waals surface area contributed by atoms with E-state index in [9.17, 15) is 8.42 Å². The van der Waals surface area contributed by atoms with Crippen molar-refractivity contribution in [2.45, 2.75) is 26.3 Å². The second-order valence-corrected chi connectivity index (χ2v) is 6.85. The van der Waals surface area contributed by atoms with Crippen LogP contribution in [0.4, 0.5) is 0 Å². The van der Waals surface area contributed by atoms with Gasteiger partial charge >= 0.3 is 0 Å². The van der Waals surface area contributed by atoms with Crippen LogP contribution in [0.2, 0.25) is 0 Å². The van der Waals surface area contributed by atoms with Gasteiger partial charge in [0.2, 0.25) is 10.0 Å². The molecule has 6 heteroatoms. The number of hydrogen-bond acceptors (Lipinski definition) is 4. The van der Waals surface area contributed by atoms with Crippen molar-refractivity contribution in [1.82, 2.24) is 14.6 Å². The summed E-state index contributed by atoms with van der Waals surface area (Å²) in [5, 5.41) is 3.01. The van der Waals surface area contributed by atoms with Crippen LogP contribution in [0.25, 0.3) is 0 Å². The number of nitrogens with one attached hydrogen (secondary N) is 1. The number of rotatable bonds is 8. The molecular formula is C13H23N3O2S. The Kier molecular flexibility index (Phi) is 6.41. The highest BCUT2D eigenvalue weighted by molar-refractivity contribution is 7.89. The molecule has 19 heavy (non-hydrogen) atoms. The van der Waals surface area contributed by atoms with E-state index in [1.807, 2.05) is 32.2 Å². The van der Waals surface area contributed by atoms with Crippen molar-refractivity contribution >= 4 is 10.0 Å². The summed E-state index contributed by atoms with van der Waals surface area (Å²) in [6.45, 7) is 3.07. The topological polar surface area (TPSA) is 62.3 Å². The maximum absolute atomic E-state index is 12.1. The molecule has 1 aromatic rings. The Labute approximate surface area is 116 Å². The van der Waals surface area contributed by atoms with E-state index in [1.54, 1.807) is 7.05 Å². The van der Waals surface area contributed by atoms with Crippen molar-refractivity contribution in [3.63, 3.8) is 0 Å². The van der Waals surface area contributed by atoms with Gasteiger partial charge in [0.05, 0.1) is 18.0 Å². The molecule has 1 rings (SSSR count). The summed E-state index contributed by atoms with van der Waals surface area (Å²) in [6, 6.07) is 5.64. The molecule has 0 spiro atoms. The van der Waals surface area contributed by atoms with Gasteiger partial charge < -0.3 is 5.32 Å². The molecule has 0 aromatic carbocycles. The Bertz CT molecular complexity index is 488. The summed E-state index contributed by atoms with van der Waals surface area (Å²) in [5.74, 6) is 0.191. The van der Waals surface area contributed by atoms with Gasteiger partial charge in [-0.1, -0.05) is 6.07 Å². The third-order valence-electron chi connectivity index (χ3n) is 2.88. The van der Waals surface area contributed by atoms with Gasteiger partial charge in [0, 0.05) is 12.7 Å². The monoisotopic (exact) mass is 285 g/mol. The van der Waals surface area contributed by atoms with E-state index in [0.717, 1.165) is 24.4 Å². The molecule has 0 amide bonds. The zero-order valence-electron chi connectivity index (χ0n) is 11.9. The Morgan fingerprint density at radius 3 is 2.68 bits per heavy atom. The third kappa shape index (κ3) is 5.67. The fourth-order valence-electron chi connectivity index (χ4n) is 1.76. The van der Waals surface area contributed by atoms with Gasteiger partial charge in [-0.25, -0.2) is 8.42 Å². The van der Waals surface area contributed by atoms with Crippen molar-refractivity contribution in [2.24, 2.45) is 0 Å². The maximum atomic E-state index is 12.1. The highest BCUT2D eigenvalue weighted by Crippen LogP contribution is 2.08. The lowest BCUT2D eigenvalue weighted by Gasteiger charge is -2.16. The minimum atomic E-state index is -3.19. The second-order valence-electron chi connectivity index (χ2n) is 4.65. The highest BCUT2D eigenvalue weighted by Gasteiger charge is 2.17. The molecule has 0 bridgehead atoms. The van der Waals surface area contributed by atoms with E-state index in [-0.39, 0.29) is 5.75 Å². The largest absolute Gasteiger partial charge is 0.320 e. The van der Waals surface area contributed by atoms with E-state index in [0.29, 0.717) is 13.0 Å². The predicted molar refractivity (Wildman–Crippen MR) is 77.4 cm³/mol. The van der Waals surface area contributed by atoms with Crippen LogP contribution in [0.15, 0.2) is 18.2 Å². The van der Waals surface area contributed by atoms with Crippen molar-refractivity contribution in [3.05, 3.63) is 29.6 Å². The number of hydrogen-bond donors (Lipinski definition) is 1. The van der Waals surface area contributed by atoms with Gasteiger partial charge in [-0.2, -0.15) is 4.31 Å². The molecule has 0 fully saturated rings. The quantitative estimate of drug-likeness (QED) is 0.728. The molecule has 0 aliphatic rings. The summed E-state index contributed by atoms with van der Waals surface area (Å²) >= 11 is 0. The van der Waals surface area contributed by atoms with E-state index in [2.05, 4.69) is 10.3 Å². The van der Waals surface area contributed by atoms with E-state index < -0.39 is 10.0 Å². The molecule has 0 saturated heterocycles. The molecule has 0 radical (unpaired) electrons. The van der Waals surface area contributed by atoms with Gasteiger partial charge in [0.1, 0.15) is 0 Å². The molecule has 0 unspecified atom stereocenters. The smallest absolute Gasteiger partial charge is 0.214 e. The van der Waals surface area contributed by atoms with Crippen LogP contribution in [-0.2, 0) is 16.6 Å². The summed E-state index contributed by atoms with van der Waals surface area (Å²) < 4.78 is 25.5. The molecule has 1 aromatic heterocycles. The minimum Gasteiger partial charge on any atom is -0.320 e. The molecule has 1 N–H and O–H groups in total. The number of aromatic nitrogens is 1. The first-order valence-corrected chi connectivity index (χ1v) is 8.08. The first-order chi connectivity index (χ1) is 8.95. The van der Waals surface area contributed by atoms with Crippen molar-refractivity contribution < 1.29 is 8.42 Å². The predicted octanol–water partition coefficient (Wildman–Crippen LogP) is 1.15. The Morgan fingerprint density at radius 2 is 2.05 bits per heavy atom. The SMILES string of the molecule is CNCCCCS(=O)(=O)N(C)Cc1cccc(C)n1. The standard InChI is InChI=1S/C13H23N3O2S/c1-12-7-6-8-13(15-12)11-16(3)19(17,18)10-5-4-9-14-2/h6-8,14H,4-5,9-11H2,1-3H3. The number of unbranched alkanes of at least 4 members (excludes halogenated alkanes) is 1. The fourth-order valence-corrected chi connectivity index (χ4v) is 2.97. The molecule has 0 aliphatic heterocycles. The normalized spacial score (nSPS) is 12.0. The first kappa shape index (κ1) is 16.1. The van der Waals surface area contributed by atoms with Gasteiger partial charge in [-0.05, 0) is 45.5 Å². The third-order valence-corrected chi connectivity index (χ3v) is 4.77. The summed E-state index contributed by atoms with van der Waals surface area (Å²) in [7, 11) is 0.287. The van der Waals surface area contributed by atoms with Crippen LogP contribution in [0.3, 0.4) is 0 Å². The van der Waals surface area contributed by atoms with Crippen LogP contribution in [0, 0.1) is 6.92 Å². The van der Waals surface area contributed by atoms with Crippen molar-refractivity contribution in [1.29, 1.82) is 0 Å². The maximum Gasteiger partial charge on any atom is 0.214 e. The highest BCUT2D eigenvalue weighted by atomic mass is 32.2. The van der Waals surface area contributed by atoms with Crippen molar-refractivity contribution in [3.8, 4) is 0 Å². The second kappa shape index (κ2) is 7.57. The van der Waals surface area contributed by atoms with E-state index in [1.165, 1.54) is 4.31 Å². The molecule has 5 nitrogen and oxygen atoms in total. The lowest BCUT2D eigenvalue weighted by molar-refractivity contribution is 0.459. The van der Waals surface area contributed by atoms with Crippen LogP contribution < -0.4 is 5.32 Å². The summed E-state index contributed by atoms with van der Waals surface area (Å²) in [6.07, 6.45) is 1.54. The number of pyridine rings is 1. The van der Waals surface area contributed by atoms with E-state index >= 15 is 0 Å². The van der Waals surface area contributed by atoms with E-state index in [4.69, 9.17) is 0 Å². The molecule has 108 valence electrons. The minimum absolute atomic E-state index is 0.191. The number of nitrogens with zero attached hydrogens (tertiary/aromatic N) is 2. The average molecular weight is 285 g/mol. The summed E-state index contributed by atoms with van der Waals surface area (Å²) in [5.41, 5.74) is 1.68. The van der Waals surface area contributed by atoms with Crippen LogP contribution >= 0.6 is 0 Å². The zero-order chi connectivity index (χ0) is 14.3. The molecule has 1 heterocycles. The van der Waals surface area contributed by atoms with Crippen LogP contribution in [0.5, 0.6) is 0 Å². The van der Waals surface area contributed by atoms with Crippen LogP contribution in [-0.4, -0.2) is 44.1 Å². The Hall–Kier alpha value is -0.980. The van der Waals surface area contributed by atoms with Crippen molar-refractivity contribution in [2.75, 3.05) is 26.4 Å². The summed E-state index contributed by atoms with van der Waals surface area (Å²) in [4.78, 5) is 4.32. The lowest BCUT2D eigenvalue weighted by atomic mass is 10.3. The van der Waals surface area contributed by atoms with Crippen LogP contribution in [0.1, 0.15) is 24.2 Å². The van der Waals surface area contributed by atoms with Gasteiger partial charge in [-0.3, -0.25) is 4.98 Å². The number of sulfonamides is 1. The Morgan fingerprint density at radius 1 is 1.32 bits per heavy atom. The molecular weight excluding hydrogens is 262 g/mol. The molecule has 0 saturated carbocycles. The lowest BCUT2D eigenvalue weighted by Crippen LogP contribution is -2.29. The zero-order valence-corrected chi connectivity index (χ0v) is 12.7. The molecule has 0 aliphatic carbocycles. The van der Waals surface area contributed by atoms with Gasteiger partial charge in [0.25, 0.3) is 0 Å². The Balaban J connectivity index is 2.53. The van der Waals surface area contributed by atoms with Gasteiger partial charge in [0.15, 0.2) is 0 Å². The first-order valence-electron chi connectivity index (χ1n) is 6.47. The fraction of sp³-hybridized carbons (Fsp3) is 0.615. The molecule has 0 atom stereocenters. The number of aryl methyl sites for hydroxylation is 1. The average Bonchev–Trinajstić information content (AvgIpc) is 2.34. The van der Waals surface area contributed by atoms with Gasteiger partial charge in [-0.15, -0.1) is 0 Å².